The lowest BCUT2D eigenvalue weighted by Crippen LogP contribution is -2.30. The molecule has 1 heterocycles. The van der Waals surface area contributed by atoms with Crippen LogP contribution in [0.3, 0.4) is 0 Å². The van der Waals surface area contributed by atoms with E-state index in [1.165, 1.54) is 0 Å². The Hall–Kier alpha value is -1.73. The maximum absolute atomic E-state index is 12.4. The first-order valence-electron chi connectivity index (χ1n) is 7.17. The van der Waals surface area contributed by atoms with Crippen LogP contribution in [0.25, 0.3) is 0 Å². The molecule has 2 rings (SSSR count). The summed E-state index contributed by atoms with van der Waals surface area (Å²) in [6, 6.07) is 5.02. The van der Waals surface area contributed by atoms with Gasteiger partial charge in [0.05, 0.1) is 10.9 Å². The highest BCUT2D eigenvalue weighted by molar-refractivity contribution is 7.89. The fourth-order valence-corrected chi connectivity index (χ4v) is 3.44. The van der Waals surface area contributed by atoms with E-state index in [0.29, 0.717) is 5.82 Å². The maximum atomic E-state index is 12.4. The Morgan fingerprint density at radius 3 is 2.41 bits per heavy atom. The van der Waals surface area contributed by atoms with Gasteiger partial charge in [0.2, 0.25) is 10.0 Å². The van der Waals surface area contributed by atoms with Gasteiger partial charge in [-0.1, -0.05) is 6.07 Å². The Morgan fingerprint density at radius 1 is 1.18 bits per heavy atom. The van der Waals surface area contributed by atoms with Crippen LogP contribution < -0.4 is 4.72 Å². The minimum Gasteiger partial charge on any atom is -0.246 e. The molecule has 6 nitrogen and oxygen atoms in total. The Balaban J connectivity index is 2.12. The van der Waals surface area contributed by atoms with Gasteiger partial charge in [0.15, 0.2) is 0 Å². The number of sulfonamides is 1. The fourth-order valence-electron chi connectivity index (χ4n) is 2.23. The molecule has 1 N–H and O–H groups in total. The van der Waals surface area contributed by atoms with Crippen LogP contribution >= 0.6 is 0 Å². The molecule has 22 heavy (non-hydrogen) atoms. The molecule has 0 saturated carbocycles. The molecule has 0 unspecified atom stereocenters. The van der Waals surface area contributed by atoms with Gasteiger partial charge < -0.3 is 0 Å². The van der Waals surface area contributed by atoms with Crippen molar-refractivity contribution in [1.82, 2.24) is 19.5 Å². The van der Waals surface area contributed by atoms with Gasteiger partial charge in [-0.15, -0.1) is 0 Å². The molecule has 120 valence electrons. The zero-order valence-electron chi connectivity index (χ0n) is 13.6. The third-order valence-electron chi connectivity index (χ3n) is 3.68. The minimum atomic E-state index is -3.52. The van der Waals surface area contributed by atoms with Gasteiger partial charge in [-0.3, -0.25) is 0 Å². The van der Waals surface area contributed by atoms with Crippen LogP contribution in [0, 0.1) is 27.7 Å². The summed E-state index contributed by atoms with van der Waals surface area (Å²) in [5, 5.41) is 4.28. The lowest BCUT2D eigenvalue weighted by atomic mass is 10.1. The zero-order chi connectivity index (χ0) is 16.5. The number of benzene rings is 1. The van der Waals surface area contributed by atoms with Crippen LogP contribution in [-0.4, -0.2) is 29.7 Å². The van der Waals surface area contributed by atoms with E-state index < -0.39 is 10.0 Å². The standard InChI is InChI=1S/C15H22N4O2S/c1-10-6-7-15(8-11(10)2)22(20,21)16-9-12(3)19-14(5)17-13(4)18-19/h6-8,12,16H,9H2,1-5H3/t12-/m0/s1. The molecule has 0 spiro atoms. The molecule has 0 bridgehead atoms. The second kappa shape index (κ2) is 6.18. The van der Waals surface area contributed by atoms with Crippen LogP contribution in [-0.2, 0) is 10.0 Å². The van der Waals surface area contributed by atoms with E-state index in [1.54, 1.807) is 16.8 Å². The number of nitrogens with one attached hydrogen (secondary N) is 1. The molecule has 7 heteroatoms. The number of hydrogen-bond donors (Lipinski definition) is 1. The van der Waals surface area contributed by atoms with Crippen molar-refractivity contribution in [2.24, 2.45) is 0 Å². The summed E-state index contributed by atoms with van der Waals surface area (Å²) in [7, 11) is -3.52. The number of hydrogen-bond acceptors (Lipinski definition) is 4. The maximum Gasteiger partial charge on any atom is 0.240 e. The highest BCUT2D eigenvalue weighted by Crippen LogP contribution is 2.15. The Bertz CT molecular complexity index is 781. The van der Waals surface area contributed by atoms with Crippen molar-refractivity contribution in [2.75, 3.05) is 6.54 Å². The highest BCUT2D eigenvalue weighted by atomic mass is 32.2. The van der Waals surface area contributed by atoms with Crippen molar-refractivity contribution >= 4 is 10.0 Å². The van der Waals surface area contributed by atoms with Crippen molar-refractivity contribution in [1.29, 1.82) is 0 Å². The predicted molar refractivity (Wildman–Crippen MR) is 85.3 cm³/mol. The van der Waals surface area contributed by atoms with Crippen LogP contribution in [0.5, 0.6) is 0 Å². The summed E-state index contributed by atoms with van der Waals surface area (Å²) in [4.78, 5) is 4.52. The van der Waals surface area contributed by atoms with Crippen molar-refractivity contribution < 1.29 is 8.42 Å². The molecule has 0 aliphatic rings. The molecule has 0 fully saturated rings. The van der Waals surface area contributed by atoms with Gasteiger partial charge in [0.25, 0.3) is 0 Å². The molecular weight excluding hydrogens is 300 g/mol. The van der Waals surface area contributed by atoms with Gasteiger partial charge in [-0.05, 0) is 57.9 Å². The molecule has 0 aliphatic carbocycles. The number of aromatic nitrogens is 3. The Morgan fingerprint density at radius 2 is 1.86 bits per heavy atom. The SMILES string of the molecule is Cc1nc(C)n([C@@H](C)CNS(=O)(=O)c2ccc(C)c(C)c2)n1. The average molecular weight is 322 g/mol. The summed E-state index contributed by atoms with van der Waals surface area (Å²) < 4.78 is 29.1. The predicted octanol–water partition coefficient (Wildman–Crippen LogP) is 2.05. The normalized spacial score (nSPS) is 13.3. The molecule has 0 radical (unpaired) electrons. The Kier molecular flexibility index (Phi) is 4.67. The lowest BCUT2D eigenvalue weighted by Gasteiger charge is -2.15. The highest BCUT2D eigenvalue weighted by Gasteiger charge is 2.17. The summed E-state index contributed by atoms with van der Waals surface area (Å²) >= 11 is 0. The van der Waals surface area contributed by atoms with E-state index in [1.807, 2.05) is 40.7 Å². The van der Waals surface area contributed by atoms with Gasteiger partial charge in [0, 0.05) is 6.54 Å². The number of nitrogens with zero attached hydrogens (tertiary/aromatic N) is 3. The van der Waals surface area contributed by atoms with E-state index in [2.05, 4.69) is 14.8 Å². The monoisotopic (exact) mass is 322 g/mol. The topological polar surface area (TPSA) is 76.9 Å². The van der Waals surface area contributed by atoms with Crippen LogP contribution in [0.4, 0.5) is 0 Å². The van der Waals surface area contributed by atoms with Crippen molar-refractivity contribution in [2.45, 2.75) is 45.6 Å². The van der Waals surface area contributed by atoms with Crippen LogP contribution in [0.2, 0.25) is 0 Å². The Labute approximate surface area is 131 Å². The largest absolute Gasteiger partial charge is 0.246 e. The molecule has 0 amide bonds. The van der Waals surface area contributed by atoms with Gasteiger partial charge in [0.1, 0.15) is 11.6 Å². The summed E-state index contributed by atoms with van der Waals surface area (Å²) in [6.07, 6.45) is 0. The molecule has 0 aliphatic heterocycles. The van der Waals surface area contributed by atoms with Gasteiger partial charge in [-0.2, -0.15) is 5.10 Å². The van der Waals surface area contributed by atoms with E-state index >= 15 is 0 Å². The second-order valence-electron chi connectivity index (χ2n) is 5.60. The van der Waals surface area contributed by atoms with Crippen LogP contribution in [0.15, 0.2) is 23.1 Å². The number of rotatable bonds is 5. The van der Waals surface area contributed by atoms with E-state index in [0.717, 1.165) is 17.0 Å². The third kappa shape index (κ3) is 3.53. The summed E-state index contributed by atoms with van der Waals surface area (Å²) in [5.41, 5.74) is 2.03. The number of aryl methyl sites for hydroxylation is 4. The third-order valence-corrected chi connectivity index (χ3v) is 5.10. The van der Waals surface area contributed by atoms with E-state index in [9.17, 15) is 8.42 Å². The van der Waals surface area contributed by atoms with Crippen molar-refractivity contribution in [3.8, 4) is 0 Å². The van der Waals surface area contributed by atoms with E-state index in [4.69, 9.17) is 0 Å². The molecule has 1 atom stereocenters. The van der Waals surface area contributed by atoms with Crippen LogP contribution in [0.1, 0.15) is 35.7 Å². The first-order valence-corrected chi connectivity index (χ1v) is 8.65. The van der Waals surface area contributed by atoms with Crippen molar-refractivity contribution in [3.63, 3.8) is 0 Å². The quantitative estimate of drug-likeness (QED) is 0.914. The van der Waals surface area contributed by atoms with Gasteiger partial charge >= 0.3 is 0 Å². The molecule has 2 aromatic rings. The smallest absolute Gasteiger partial charge is 0.240 e. The first kappa shape index (κ1) is 16.6. The van der Waals surface area contributed by atoms with E-state index in [-0.39, 0.29) is 17.5 Å². The lowest BCUT2D eigenvalue weighted by molar-refractivity contribution is 0.466. The first-order chi connectivity index (χ1) is 10.2. The molecule has 1 aromatic carbocycles. The second-order valence-corrected chi connectivity index (χ2v) is 7.36. The molecule has 0 saturated heterocycles. The fraction of sp³-hybridized carbons (Fsp3) is 0.467. The van der Waals surface area contributed by atoms with Crippen molar-refractivity contribution in [3.05, 3.63) is 41.0 Å². The van der Waals surface area contributed by atoms with Gasteiger partial charge in [-0.25, -0.2) is 22.8 Å². The summed E-state index contributed by atoms with van der Waals surface area (Å²) in [5.74, 6) is 1.46. The minimum absolute atomic E-state index is 0.109. The molecular formula is C15H22N4O2S. The molecule has 1 aromatic heterocycles. The summed E-state index contributed by atoms with van der Waals surface area (Å²) in [6.45, 7) is 9.70. The average Bonchev–Trinajstić information content (AvgIpc) is 2.78. The zero-order valence-corrected chi connectivity index (χ0v) is 14.4.